The number of unbranched alkanes of at least 4 members (excludes halogenated alkanes) is 2. The van der Waals surface area contributed by atoms with Gasteiger partial charge < -0.3 is 0 Å². The second-order valence-electron chi connectivity index (χ2n) is 9.17. The molecule has 0 radical (unpaired) electrons. The van der Waals surface area contributed by atoms with Gasteiger partial charge in [-0.15, -0.1) is 0 Å². The summed E-state index contributed by atoms with van der Waals surface area (Å²) in [7, 11) is 0. The zero-order valence-corrected chi connectivity index (χ0v) is 20.2. The van der Waals surface area contributed by atoms with Gasteiger partial charge in [0.1, 0.15) is 0 Å². The monoisotopic (exact) mass is 413 g/mol. The molecule has 1 fully saturated rings. The molecule has 0 aromatic rings. The van der Waals surface area contributed by atoms with Crippen LogP contribution >= 0.6 is 0 Å². The first-order chi connectivity index (χ1) is 14.4. The topological polar surface area (TPSA) is 37.4 Å². The van der Waals surface area contributed by atoms with Gasteiger partial charge in [0, 0.05) is 17.7 Å². The average molecular weight is 414 g/mol. The maximum atomic E-state index is 13.4. The Hall–Kier alpha value is -1.64. The van der Waals surface area contributed by atoms with Crippen LogP contribution in [0.25, 0.3) is 0 Å². The number of fused-ring (bicyclic) bond motifs is 1. The van der Waals surface area contributed by atoms with Crippen LogP contribution in [0.3, 0.4) is 0 Å². The van der Waals surface area contributed by atoms with E-state index in [1.54, 1.807) is 0 Å². The molecule has 3 nitrogen and oxygen atoms in total. The number of likely N-dealkylation sites (tertiary alicyclic amines) is 1. The largest absolute Gasteiger partial charge is 0.274 e. The summed E-state index contributed by atoms with van der Waals surface area (Å²) in [5.74, 6) is 1.28. The van der Waals surface area contributed by atoms with Crippen LogP contribution in [-0.4, -0.2) is 23.3 Å². The molecular formula is C27H43NO2. The van der Waals surface area contributed by atoms with Gasteiger partial charge in [-0.1, -0.05) is 83.9 Å². The van der Waals surface area contributed by atoms with E-state index >= 15 is 0 Å². The number of amides is 2. The zero-order chi connectivity index (χ0) is 22.3. The van der Waals surface area contributed by atoms with Gasteiger partial charge in [0.15, 0.2) is 0 Å². The smallest absolute Gasteiger partial charge is 0.261 e. The fraction of sp³-hybridized carbons (Fsp3) is 0.704. The molecule has 3 unspecified atom stereocenters. The molecule has 30 heavy (non-hydrogen) atoms. The van der Waals surface area contributed by atoms with E-state index < -0.39 is 0 Å². The lowest BCUT2D eigenvalue weighted by atomic mass is 9.71. The summed E-state index contributed by atoms with van der Waals surface area (Å²) in [4.78, 5) is 28.3. The van der Waals surface area contributed by atoms with E-state index in [1.165, 1.54) is 29.7 Å². The van der Waals surface area contributed by atoms with Gasteiger partial charge in [0.05, 0.1) is 0 Å². The Morgan fingerprint density at radius 2 is 1.70 bits per heavy atom. The summed E-state index contributed by atoms with van der Waals surface area (Å²) in [6.07, 6.45) is 14.2. The first-order valence-electron chi connectivity index (χ1n) is 12.4. The van der Waals surface area contributed by atoms with Gasteiger partial charge in [0.25, 0.3) is 11.8 Å². The van der Waals surface area contributed by atoms with Crippen molar-refractivity contribution in [1.29, 1.82) is 0 Å². The van der Waals surface area contributed by atoms with Crippen molar-refractivity contribution in [2.75, 3.05) is 6.54 Å². The van der Waals surface area contributed by atoms with Crippen LogP contribution < -0.4 is 0 Å². The van der Waals surface area contributed by atoms with E-state index in [4.69, 9.17) is 0 Å². The van der Waals surface area contributed by atoms with E-state index in [0.717, 1.165) is 55.2 Å². The molecule has 0 bridgehead atoms. The lowest BCUT2D eigenvalue weighted by Gasteiger charge is -2.38. The Kier molecular flexibility index (Phi) is 9.58. The fourth-order valence-electron chi connectivity index (χ4n) is 5.27. The molecule has 2 aliphatic rings. The minimum Gasteiger partial charge on any atom is -0.274 e. The summed E-state index contributed by atoms with van der Waals surface area (Å²) in [6, 6.07) is 0. The van der Waals surface area contributed by atoms with Crippen LogP contribution in [0.15, 0.2) is 34.4 Å². The van der Waals surface area contributed by atoms with E-state index in [-0.39, 0.29) is 11.8 Å². The van der Waals surface area contributed by atoms with Crippen LogP contribution in [0.2, 0.25) is 0 Å². The van der Waals surface area contributed by atoms with Crippen LogP contribution in [0.4, 0.5) is 0 Å². The molecule has 2 rings (SSSR count). The first-order valence-corrected chi connectivity index (χ1v) is 12.4. The highest BCUT2D eigenvalue weighted by Crippen LogP contribution is 2.43. The third-order valence-electron chi connectivity index (χ3n) is 7.31. The number of piperidine rings is 1. The molecule has 2 amide bonds. The van der Waals surface area contributed by atoms with Crippen molar-refractivity contribution in [3.63, 3.8) is 0 Å². The molecule has 1 aliphatic heterocycles. The van der Waals surface area contributed by atoms with Crippen LogP contribution in [-0.2, 0) is 9.59 Å². The maximum absolute atomic E-state index is 13.4. The highest BCUT2D eigenvalue weighted by molar-refractivity contribution is 6.20. The van der Waals surface area contributed by atoms with Crippen molar-refractivity contribution < 1.29 is 9.59 Å². The molecule has 0 N–H and O–H groups in total. The molecule has 168 valence electrons. The minimum absolute atomic E-state index is 0.0741. The number of allylic oxidation sites excluding steroid dienone is 3. The molecule has 0 saturated carbocycles. The Balaban J connectivity index is 2.35. The highest BCUT2D eigenvalue weighted by Gasteiger charge is 2.41. The predicted molar refractivity (Wildman–Crippen MR) is 126 cm³/mol. The summed E-state index contributed by atoms with van der Waals surface area (Å²) >= 11 is 0. The fourth-order valence-corrected chi connectivity index (χ4v) is 5.27. The molecule has 1 heterocycles. The number of hydrogen-bond acceptors (Lipinski definition) is 2. The number of carbonyl (C=O) groups excluding carboxylic acids is 2. The first kappa shape index (κ1) is 24.6. The average Bonchev–Trinajstić information content (AvgIpc) is 2.75. The Morgan fingerprint density at radius 1 is 1.03 bits per heavy atom. The number of imide groups is 1. The quantitative estimate of drug-likeness (QED) is 0.270. The van der Waals surface area contributed by atoms with E-state index in [9.17, 15) is 9.59 Å². The van der Waals surface area contributed by atoms with Gasteiger partial charge in [-0.2, -0.15) is 0 Å². The standard InChI is InChI=1S/C27H43NO2/c1-7-12-14-20(9-3)18-28-26(29)22(11-5)25-19(6)23(16-17-24(25)27(28)30)21(10-4)15-13-8-2/h11,17,20-21,23H,7-10,12-16,18H2,1-6H3/b22-11+. The second-order valence-corrected chi connectivity index (χ2v) is 9.17. The predicted octanol–water partition coefficient (Wildman–Crippen LogP) is 7.00. The Labute approximate surface area is 184 Å². The number of carbonyl (C=O) groups is 2. The molecule has 1 saturated heterocycles. The van der Waals surface area contributed by atoms with Crippen LogP contribution in [0.5, 0.6) is 0 Å². The summed E-state index contributed by atoms with van der Waals surface area (Å²) in [5, 5.41) is 0. The normalized spacial score (nSPS) is 23.0. The Bertz CT molecular complexity index is 692. The summed E-state index contributed by atoms with van der Waals surface area (Å²) in [6.45, 7) is 13.5. The third-order valence-corrected chi connectivity index (χ3v) is 7.31. The third kappa shape index (κ3) is 5.15. The van der Waals surface area contributed by atoms with E-state index in [0.29, 0.717) is 24.3 Å². The molecule has 1 aliphatic carbocycles. The van der Waals surface area contributed by atoms with Gasteiger partial charge >= 0.3 is 0 Å². The maximum Gasteiger partial charge on any atom is 0.261 e. The van der Waals surface area contributed by atoms with Crippen molar-refractivity contribution in [1.82, 2.24) is 4.90 Å². The van der Waals surface area contributed by atoms with Crippen LogP contribution in [0, 0.1) is 17.8 Å². The van der Waals surface area contributed by atoms with Crippen LogP contribution in [0.1, 0.15) is 99.3 Å². The number of hydrogen-bond donors (Lipinski definition) is 0. The van der Waals surface area contributed by atoms with Gasteiger partial charge in [-0.3, -0.25) is 14.5 Å². The lowest BCUT2D eigenvalue weighted by Crippen LogP contribution is -2.47. The minimum atomic E-state index is -0.0915. The highest BCUT2D eigenvalue weighted by atomic mass is 16.2. The molecular weight excluding hydrogens is 370 g/mol. The number of nitrogens with zero attached hydrogens (tertiary/aromatic N) is 1. The van der Waals surface area contributed by atoms with Gasteiger partial charge in [-0.25, -0.2) is 0 Å². The van der Waals surface area contributed by atoms with E-state index in [1.807, 2.05) is 13.0 Å². The summed E-state index contributed by atoms with van der Waals surface area (Å²) in [5.41, 5.74) is 3.70. The zero-order valence-electron chi connectivity index (χ0n) is 20.2. The Morgan fingerprint density at radius 3 is 2.27 bits per heavy atom. The van der Waals surface area contributed by atoms with Crippen molar-refractivity contribution in [2.45, 2.75) is 99.3 Å². The molecule has 0 aromatic carbocycles. The molecule has 0 spiro atoms. The number of rotatable bonds is 11. The molecule has 0 aromatic heterocycles. The van der Waals surface area contributed by atoms with Gasteiger partial charge in [-0.05, 0) is 56.4 Å². The van der Waals surface area contributed by atoms with Crippen molar-refractivity contribution in [3.8, 4) is 0 Å². The molecule has 3 atom stereocenters. The molecule has 3 heteroatoms. The second kappa shape index (κ2) is 11.7. The van der Waals surface area contributed by atoms with Crippen molar-refractivity contribution in [2.24, 2.45) is 17.8 Å². The van der Waals surface area contributed by atoms with E-state index in [2.05, 4.69) is 40.7 Å². The van der Waals surface area contributed by atoms with Crippen molar-refractivity contribution >= 4 is 11.8 Å². The SMILES string of the molecule is C/C=C1/C(=O)N(CC(CC)CCCC)C(=O)C2=CCC(C(CC)CCCC)C(C)=C21. The van der Waals surface area contributed by atoms with Crippen molar-refractivity contribution in [3.05, 3.63) is 34.4 Å². The van der Waals surface area contributed by atoms with Gasteiger partial charge in [0.2, 0.25) is 0 Å². The lowest BCUT2D eigenvalue weighted by molar-refractivity contribution is -0.141. The summed E-state index contributed by atoms with van der Waals surface area (Å²) < 4.78 is 0.